The molecule has 2 aromatic rings. The summed E-state index contributed by atoms with van der Waals surface area (Å²) in [6, 6.07) is 4.21. The number of aromatic nitrogens is 3. The first-order chi connectivity index (χ1) is 8.33. The van der Waals surface area contributed by atoms with Crippen molar-refractivity contribution >= 4 is 16.9 Å². The monoisotopic (exact) mass is 230 g/mol. The number of aromatic amines is 1. The van der Waals surface area contributed by atoms with Gasteiger partial charge in [-0.1, -0.05) is 12.8 Å². The van der Waals surface area contributed by atoms with Gasteiger partial charge >= 0.3 is 5.69 Å². The normalized spacial score (nSPS) is 16.5. The molecule has 0 aromatic carbocycles. The van der Waals surface area contributed by atoms with Crippen LogP contribution in [0.3, 0.4) is 0 Å². The number of nitrogens with one attached hydrogen (secondary N) is 2. The minimum absolute atomic E-state index is 0.350. The Kier molecular flexibility index (Phi) is 2.51. The van der Waals surface area contributed by atoms with Crippen LogP contribution in [0.2, 0.25) is 0 Å². The van der Waals surface area contributed by atoms with Crippen molar-refractivity contribution in [3.8, 4) is 0 Å². The molecule has 2 aromatic heterocycles. The highest BCUT2D eigenvalue weighted by Crippen LogP contribution is 2.23. The number of hydrogen-bond acceptors (Lipinski definition) is 4. The van der Waals surface area contributed by atoms with Crippen molar-refractivity contribution in [2.45, 2.75) is 31.7 Å². The lowest BCUT2D eigenvalue weighted by atomic mass is 10.2. The lowest BCUT2D eigenvalue weighted by Gasteiger charge is -2.13. The Bertz CT molecular complexity index is 586. The van der Waals surface area contributed by atoms with Crippen molar-refractivity contribution in [1.29, 1.82) is 0 Å². The fourth-order valence-corrected chi connectivity index (χ4v) is 2.36. The number of H-pyrrole nitrogens is 1. The van der Waals surface area contributed by atoms with Crippen molar-refractivity contribution in [2.24, 2.45) is 0 Å². The maximum atomic E-state index is 11.4. The van der Waals surface area contributed by atoms with Gasteiger partial charge in [-0.3, -0.25) is 4.98 Å². The number of hydrogen-bond donors (Lipinski definition) is 2. The van der Waals surface area contributed by atoms with E-state index in [1.165, 1.54) is 12.8 Å². The van der Waals surface area contributed by atoms with Crippen molar-refractivity contribution in [3.05, 3.63) is 28.8 Å². The third-order valence-electron chi connectivity index (χ3n) is 3.20. The van der Waals surface area contributed by atoms with Gasteiger partial charge in [-0.25, -0.2) is 9.78 Å². The average molecular weight is 230 g/mol. The Morgan fingerprint density at radius 1 is 1.35 bits per heavy atom. The maximum Gasteiger partial charge on any atom is 0.348 e. The summed E-state index contributed by atoms with van der Waals surface area (Å²) in [6.45, 7) is 0. The van der Waals surface area contributed by atoms with E-state index in [0.717, 1.165) is 18.2 Å². The zero-order chi connectivity index (χ0) is 11.7. The van der Waals surface area contributed by atoms with Gasteiger partial charge in [0.15, 0.2) is 0 Å². The van der Waals surface area contributed by atoms with Gasteiger partial charge in [-0.15, -0.1) is 0 Å². The predicted octanol–water partition coefficient (Wildman–Crippen LogP) is 1.67. The highest BCUT2D eigenvalue weighted by Gasteiger charge is 2.16. The Hall–Kier alpha value is -1.91. The molecule has 88 valence electrons. The molecule has 0 amide bonds. The summed E-state index contributed by atoms with van der Waals surface area (Å²) in [4.78, 5) is 22.2. The van der Waals surface area contributed by atoms with Crippen LogP contribution in [0.1, 0.15) is 25.7 Å². The highest BCUT2D eigenvalue weighted by atomic mass is 16.1. The topological polar surface area (TPSA) is 70.7 Å². The summed E-state index contributed by atoms with van der Waals surface area (Å²) in [5.41, 5.74) is 0.240. The molecular formula is C12H14N4O. The van der Waals surface area contributed by atoms with Crippen LogP contribution in [0.15, 0.2) is 23.1 Å². The lowest BCUT2D eigenvalue weighted by Crippen LogP contribution is -2.20. The first-order valence-corrected chi connectivity index (χ1v) is 5.94. The second-order valence-electron chi connectivity index (χ2n) is 4.42. The van der Waals surface area contributed by atoms with E-state index in [2.05, 4.69) is 20.3 Å². The molecule has 3 rings (SSSR count). The van der Waals surface area contributed by atoms with Crippen LogP contribution in [0.5, 0.6) is 0 Å². The number of nitrogens with zero attached hydrogens (tertiary/aromatic N) is 2. The van der Waals surface area contributed by atoms with Crippen molar-refractivity contribution < 1.29 is 0 Å². The summed E-state index contributed by atoms with van der Waals surface area (Å²) >= 11 is 0. The summed E-state index contributed by atoms with van der Waals surface area (Å²) in [5.74, 6) is 0.656. The van der Waals surface area contributed by atoms with Crippen molar-refractivity contribution in [3.63, 3.8) is 0 Å². The molecule has 0 atom stereocenters. The molecule has 1 aliphatic carbocycles. The molecule has 0 unspecified atom stereocenters. The van der Waals surface area contributed by atoms with Gasteiger partial charge < -0.3 is 5.32 Å². The van der Waals surface area contributed by atoms with Gasteiger partial charge in [0.2, 0.25) is 0 Å². The van der Waals surface area contributed by atoms with Gasteiger partial charge in [-0.05, 0) is 25.0 Å². The first kappa shape index (κ1) is 10.3. The Morgan fingerprint density at radius 3 is 3.00 bits per heavy atom. The first-order valence-electron chi connectivity index (χ1n) is 5.94. The van der Waals surface area contributed by atoms with Gasteiger partial charge in [0, 0.05) is 12.2 Å². The number of pyridine rings is 1. The largest absolute Gasteiger partial charge is 0.367 e. The third-order valence-corrected chi connectivity index (χ3v) is 3.20. The van der Waals surface area contributed by atoms with Crippen molar-refractivity contribution in [1.82, 2.24) is 15.0 Å². The molecule has 0 radical (unpaired) electrons. The highest BCUT2D eigenvalue weighted by molar-refractivity contribution is 5.85. The van der Waals surface area contributed by atoms with Gasteiger partial charge in [0.25, 0.3) is 0 Å². The SMILES string of the molecule is O=c1nc(NC2CCCC2)c2cccnc2[nH]1. The average Bonchev–Trinajstić information content (AvgIpc) is 2.81. The van der Waals surface area contributed by atoms with Crippen molar-refractivity contribution in [2.75, 3.05) is 5.32 Å². The van der Waals surface area contributed by atoms with Gasteiger partial charge in [0.05, 0.1) is 5.39 Å². The lowest BCUT2D eigenvalue weighted by molar-refractivity contribution is 0.750. The van der Waals surface area contributed by atoms with Crippen LogP contribution in [-0.2, 0) is 0 Å². The molecule has 0 bridgehead atoms. The van der Waals surface area contributed by atoms with Crippen LogP contribution in [0.4, 0.5) is 5.82 Å². The fraction of sp³-hybridized carbons (Fsp3) is 0.417. The van der Waals surface area contributed by atoms with E-state index in [9.17, 15) is 4.79 Å². The van der Waals surface area contributed by atoms with Gasteiger partial charge in [0.1, 0.15) is 11.5 Å². The smallest absolute Gasteiger partial charge is 0.348 e. The molecule has 0 spiro atoms. The Morgan fingerprint density at radius 2 is 2.18 bits per heavy atom. The molecule has 1 fully saturated rings. The quantitative estimate of drug-likeness (QED) is 0.823. The molecular weight excluding hydrogens is 216 g/mol. The van der Waals surface area contributed by atoms with E-state index < -0.39 is 0 Å². The zero-order valence-electron chi connectivity index (χ0n) is 9.44. The zero-order valence-corrected chi connectivity index (χ0v) is 9.44. The minimum Gasteiger partial charge on any atom is -0.367 e. The third kappa shape index (κ3) is 2.00. The Labute approximate surface area is 98.3 Å². The van der Waals surface area contributed by atoms with Crippen LogP contribution in [0.25, 0.3) is 11.0 Å². The van der Waals surface area contributed by atoms with E-state index in [-0.39, 0.29) is 5.69 Å². The summed E-state index contributed by atoms with van der Waals surface area (Å²) in [7, 11) is 0. The van der Waals surface area contributed by atoms with E-state index in [1.807, 2.05) is 12.1 Å². The summed E-state index contributed by atoms with van der Waals surface area (Å²) in [6.07, 6.45) is 6.46. The van der Waals surface area contributed by atoms with E-state index in [1.54, 1.807) is 6.20 Å². The molecule has 5 heteroatoms. The molecule has 2 N–H and O–H groups in total. The molecule has 1 aliphatic rings. The minimum atomic E-state index is -0.350. The molecule has 17 heavy (non-hydrogen) atoms. The number of fused-ring (bicyclic) bond motifs is 1. The second kappa shape index (κ2) is 4.16. The Balaban J connectivity index is 2.04. The number of rotatable bonds is 2. The maximum absolute atomic E-state index is 11.4. The molecule has 2 heterocycles. The van der Waals surface area contributed by atoms with E-state index in [0.29, 0.717) is 17.5 Å². The van der Waals surface area contributed by atoms with Crippen LogP contribution < -0.4 is 11.0 Å². The predicted molar refractivity (Wildman–Crippen MR) is 66.0 cm³/mol. The molecule has 5 nitrogen and oxygen atoms in total. The molecule has 0 aliphatic heterocycles. The van der Waals surface area contributed by atoms with Gasteiger partial charge in [-0.2, -0.15) is 4.98 Å². The standard InChI is InChI=1S/C12H14N4O/c17-12-15-10-9(6-3-7-13-10)11(16-12)14-8-4-1-2-5-8/h3,6-8H,1-2,4-5H2,(H2,13,14,15,16,17). The fourth-order valence-electron chi connectivity index (χ4n) is 2.36. The second-order valence-corrected chi connectivity index (χ2v) is 4.42. The molecule has 1 saturated carbocycles. The van der Waals surface area contributed by atoms with Crippen LogP contribution in [-0.4, -0.2) is 21.0 Å². The van der Waals surface area contributed by atoms with Crippen LogP contribution in [0, 0.1) is 0 Å². The van der Waals surface area contributed by atoms with E-state index >= 15 is 0 Å². The van der Waals surface area contributed by atoms with Crippen LogP contribution >= 0.6 is 0 Å². The summed E-state index contributed by atoms with van der Waals surface area (Å²) in [5, 5.41) is 4.23. The molecule has 0 saturated heterocycles. The van der Waals surface area contributed by atoms with E-state index in [4.69, 9.17) is 0 Å². The summed E-state index contributed by atoms with van der Waals surface area (Å²) < 4.78 is 0. The number of anilines is 1.